The van der Waals surface area contributed by atoms with E-state index < -0.39 is 0 Å². The van der Waals surface area contributed by atoms with Gasteiger partial charge in [0.05, 0.1) is 31.8 Å². The topological polar surface area (TPSA) is 105 Å². The summed E-state index contributed by atoms with van der Waals surface area (Å²) in [6.07, 6.45) is 0.652. The fourth-order valence-electron chi connectivity index (χ4n) is 3.68. The van der Waals surface area contributed by atoms with Gasteiger partial charge in [0.1, 0.15) is 5.69 Å². The van der Waals surface area contributed by atoms with Crippen molar-refractivity contribution in [1.82, 2.24) is 15.3 Å². The van der Waals surface area contributed by atoms with Crippen molar-refractivity contribution in [1.29, 1.82) is 0 Å². The van der Waals surface area contributed by atoms with Gasteiger partial charge < -0.3 is 25.1 Å². The molecule has 1 aromatic heterocycles. The van der Waals surface area contributed by atoms with Gasteiger partial charge in [-0.3, -0.25) is 9.59 Å². The molecule has 0 atom stereocenters. The van der Waals surface area contributed by atoms with Gasteiger partial charge in [0.2, 0.25) is 5.91 Å². The third-order valence-corrected chi connectivity index (χ3v) is 5.40. The van der Waals surface area contributed by atoms with E-state index in [1.165, 1.54) is 0 Å². The van der Waals surface area contributed by atoms with Gasteiger partial charge in [0.25, 0.3) is 5.56 Å². The molecular formula is C26H26N4O4. The molecule has 0 aliphatic rings. The average Bonchev–Trinajstić information content (AvgIpc) is 2.87. The zero-order valence-electron chi connectivity index (χ0n) is 19.1. The number of carbonyl (C=O) groups is 1. The van der Waals surface area contributed by atoms with E-state index in [9.17, 15) is 9.59 Å². The van der Waals surface area contributed by atoms with Gasteiger partial charge in [0.15, 0.2) is 11.5 Å². The molecule has 1 amide bonds. The molecule has 4 rings (SSSR count). The molecule has 3 aromatic carbocycles. The molecule has 3 N–H and O–H groups in total. The lowest BCUT2D eigenvalue weighted by Crippen LogP contribution is -2.31. The van der Waals surface area contributed by atoms with Crippen LogP contribution in [0.1, 0.15) is 5.56 Å². The highest BCUT2D eigenvalue weighted by Crippen LogP contribution is 2.27. The van der Waals surface area contributed by atoms with Crippen molar-refractivity contribution < 1.29 is 14.3 Å². The number of benzene rings is 3. The summed E-state index contributed by atoms with van der Waals surface area (Å²) in [6, 6.07) is 20.4. The number of hydrogen-bond donors (Lipinski definition) is 3. The molecule has 0 aliphatic heterocycles. The normalized spacial score (nSPS) is 10.6. The highest BCUT2D eigenvalue weighted by atomic mass is 16.5. The summed E-state index contributed by atoms with van der Waals surface area (Å²) < 4.78 is 10.6. The van der Waals surface area contributed by atoms with Crippen LogP contribution in [0.25, 0.3) is 22.3 Å². The summed E-state index contributed by atoms with van der Waals surface area (Å²) in [7, 11) is 3.18. The minimum atomic E-state index is -0.285. The van der Waals surface area contributed by atoms with Gasteiger partial charge in [0, 0.05) is 17.8 Å². The van der Waals surface area contributed by atoms with Crippen LogP contribution in [0.3, 0.4) is 0 Å². The van der Waals surface area contributed by atoms with Crippen molar-refractivity contribution in [2.24, 2.45) is 0 Å². The van der Waals surface area contributed by atoms with Gasteiger partial charge >= 0.3 is 0 Å². The number of fused-ring (bicyclic) bond motifs is 1. The van der Waals surface area contributed by atoms with Crippen molar-refractivity contribution >= 4 is 22.6 Å². The Bertz CT molecular complexity index is 1370. The Labute approximate surface area is 197 Å². The number of amides is 1. The quantitative estimate of drug-likeness (QED) is 0.355. The van der Waals surface area contributed by atoms with Gasteiger partial charge in [-0.1, -0.05) is 36.4 Å². The second kappa shape index (κ2) is 10.5. The van der Waals surface area contributed by atoms with E-state index in [0.717, 1.165) is 5.56 Å². The highest BCUT2D eigenvalue weighted by Gasteiger charge is 2.12. The third-order valence-electron chi connectivity index (χ3n) is 5.40. The Kier molecular flexibility index (Phi) is 7.07. The molecule has 0 spiro atoms. The lowest BCUT2D eigenvalue weighted by molar-refractivity contribution is -0.119. The number of methoxy groups -OCH3 is 2. The molecule has 1 heterocycles. The Hall–Kier alpha value is -4.33. The lowest BCUT2D eigenvalue weighted by Gasteiger charge is -2.12. The molecule has 8 nitrogen and oxygen atoms in total. The monoisotopic (exact) mass is 458 g/mol. The van der Waals surface area contributed by atoms with E-state index in [1.807, 2.05) is 66.7 Å². The Morgan fingerprint density at radius 2 is 1.74 bits per heavy atom. The lowest BCUT2D eigenvalue weighted by atomic mass is 10.1. The number of aromatic nitrogens is 2. The first-order chi connectivity index (χ1) is 16.6. The number of hydrogen-bond acceptors (Lipinski definition) is 6. The Balaban J connectivity index is 1.39. The number of carbonyl (C=O) groups excluding carboxylic acids is 1. The molecule has 0 radical (unpaired) electrons. The summed E-state index contributed by atoms with van der Waals surface area (Å²) >= 11 is 0. The van der Waals surface area contributed by atoms with Crippen molar-refractivity contribution in [3.8, 4) is 22.8 Å². The largest absolute Gasteiger partial charge is 0.493 e. The fraction of sp³-hybridized carbons (Fsp3) is 0.192. The maximum absolute atomic E-state index is 12.6. The minimum Gasteiger partial charge on any atom is -0.493 e. The number of ether oxygens (including phenoxy) is 2. The van der Waals surface area contributed by atoms with Crippen LogP contribution in [-0.2, 0) is 11.2 Å². The zero-order valence-corrected chi connectivity index (χ0v) is 19.1. The van der Waals surface area contributed by atoms with E-state index in [2.05, 4.69) is 20.6 Å². The standard InChI is InChI=1S/C26H26N4O4/c1-33-22-12-11-17(15-23(22)34-2)13-14-27-24(31)16-28-19-8-4-3-7-18(19)25-26(32)30-21-10-6-5-9-20(21)29-25/h3-12,15,28H,13-14,16H2,1-2H3,(H,27,31)(H,30,32). The van der Waals surface area contributed by atoms with Crippen LogP contribution >= 0.6 is 0 Å². The number of nitrogens with one attached hydrogen (secondary N) is 3. The third kappa shape index (κ3) is 5.17. The number of H-pyrrole nitrogens is 1. The van der Waals surface area contributed by atoms with Gasteiger partial charge in [-0.15, -0.1) is 0 Å². The highest BCUT2D eigenvalue weighted by molar-refractivity contribution is 5.85. The zero-order chi connectivity index (χ0) is 23.9. The second-order valence-corrected chi connectivity index (χ2v) is 7.62. The van der Waals surface area contributed by atoms with Crippen LogP contribution in [0, 0.1) is 0 Å². The molecule has 174 valence electrons. The second-order valence-electron chi connectivity index (χ2n) is 7.62. The minimum absolute atomic E-state index is 0.0639. The molecule has 8 heteroatoms. The molecule has 34 heavy (non-hydrogen) atoms. The predicted octanol–water partition coefficient (Wildman–Crippen LogP) is 3.38. The van der Waals surface area contributed by atoms with Crippen LogP contribution in [0.4, 0.5) is 5.69 Å². The molecular weight excluding hydrogens is 432 g/mol. The summed E-state index contributed by atoms with van der Waals surface area (Å²) in [5.41, 5.74) is 3.70. The van der Waals surface area contributed by atoms with Crippen LogP contribution < -0.4 is 25.7 Å². The first kappa shape index (κ1) is 22.8. The summed E-state index contributed by atoms with van der Waals surface area (Å²) in [4.78, 5) is 32.5. The molecule has 0 unspecified atom stereocenters. The van der Waals surface area contributed by atoms with Crippen molar-refractivity contribution in [3.63, 3.8) is 0 Å². The maximum Gasteiger partial charge on any atom is 0.275 e. The number of nitrogens with zero attached hydrogens (tertiary/aromatic N) is 1. The van der Waals surface area contributed by atoms with Crippen LogP contribution in [-0.4, -0.2) is 43.2 Å². The summed E-state index contributed by atoms with van der Waals surface area (Å²) in [5, 5.41) is 6.03. The summed E-state index contributed by atoms with van der Waals surface area (Å²) in [6.45, 7) is 0.540. The number of rotatable bonds is 9. The maximum atomic E-state index is 12.6. The van der Waals surface area contributed by atoms with Gasteiger partial charge in [-0.05, 0) is 42.3 Å². The SMILES string of the molecule is COc1ccc(CCNC(=O)CNc2ccccc2-c2nc3ccccc3[nH]c2=O)cc1OC. The molecule has 0 aliphatic carbocycles. The van der Waals surface area contributed by atoms with Crippen LogP contribution in [0.15, 0.2) is 71.5 Å². The van der Waals surface area contributed by atoms with E-state index >= 15 is 0 Å². The molecule has 4 aromatic rings. The average molecular weight is 459 g/mol. The predicted molar refractivity (Wildman–Crippen MR) is 133 cm³/mol. The smallest absolute Gasteiger partial charge is 0.275 e. The first-order valence-electron chi connectivity index (χ1n) is 10.9. The van der Waals surface area contributed by atoms with Crippen LogP contribution in [0.2, 0.25) is 0 Å². The number of para-hydroxylation sites is 3. The van der Waals surface area contributed by atoms with Crippen LogP contribution in [0.5, 0.6) is 11.5 Å². The Morgan fingerprint density at radius 3 is 2.56 bits per heavy atom. The van der Waals surface area contributed by atoms with E-state index in [0.29, 0.717) is 52.4 Å². The van der Waals surface area contributed by atoms with E-state index in [1.54, 1.807) is 14.2 Å². The van der Waals surface area contributed by atoms with E-state index in [4.69, 9.17) is 9.47 Å². The molecule has 0 bridgehead atoms. The van der Waals surface area contributed by atoms with Gasteiger partial charge in [-0.25, -0.2) is 4.98 Å². The number of anilines is 1. The number of aromatic amines is 1. The molecule has 0 saturated heterocycles. The first-order valence-corrected chi connectivity index (χ1v) is 10.9. The van der Waals surface area contributed by atoms with Crippen molar-refractivity contribution in [3.05, 3.63) is 82.6 Å². The van der Waals surface area contributed by atoms with Crippen molar-refractivity contribution in [2.45, 2.75) is 6.42 Å². The summed E-state index contributed by atoms with van der Waals surface area (Å²) in [5.74, 6) is 1.16. The molecule has 0 saturated carbocycles. The van der Waals surface area contributed by atoms with Crippen molar-refractivity contribution in [2.75, 3.05) is 32.6 Å². The van der Waals surface area contributed by atoms with Gasteiger partial charge in [-0.2, -0.15) is 0 Å². The molecule has 0 fully saturated rings. The van der Waals surface area contributed by atoms with E-state index in [-0.39, 0.29) is 18.0 Å². The fourth-order valence-corrected chi connectivity index (χ4v) is 3.68. The Morgan fingerprint density at radius 1 is 0.971 bits per heavy atom.